The van der Waals surface area contributed by atoms with E-state index in [0.717, 1.165) is 24.8 Å². The number of nitrogens with one attached hydrogen (secondary N) is 1. The van der Waals surface area contributed by atoms with Crippen LogP contribution in [0, 0.1) is 0 Å². The summed E-state index contributed by atoms with van der Waals surface area (Å²) < 4.78 is 5.46. The lowest BCUT2D eigenvalue weighted by Crippen LogP contribution is -2.21. The zero-order valence-electron chi connectivity index (χ0n) is 9.29. The Morgan fingerprint density at radius 2 is 2.27 bits per heavy atom. The van der Waals surface area contributed by atoms with Crippen molar-refractivity contribution in [2.75, 3.05) is 26.8 Å². The quantitative estimate of drug-likeness (QED) is 0.807. The van der Waals surface area contributed by atoms with Crippen molar-refractivity contribution in [3.8, 4) is 0 Å². The normalized spacial score (nSPS) is 12.7. The van der Waals surface area contributed by atoms with Gasteiger partial charge in [0.05, 0.1) is 6.61 Å². The van der Waals surface area contributed by atoms with Crippen LogP contribution in [0.4, 0.5) is 0 Å². The van der Waals surface area contributed by atoms with E-state index in [4.69, 9.17) is 16.3 Å². The monoisotopic (exact) mass is 227 g/mol. The standard InChI is InChI=1S/C12H18ClNO/c1-3-15-9-11(8-14-2)10-5-4-6-12(13)7-10/h4-7,11,14H,3,8-9H2,1-2H3. The van der Waals surface area contributed by atoms with Gasteiger partial charge in [-0.25, -0.2) is 0 Å². The third-order valence-electron chi connectivity index (χ3n) is 2.29. The first kappa shape index (κ1) is 12.5. The maximum Gasteiger partial charge on any atom is 0.0546 e. The maximum atomic E-state index is 5.96. The fourth-order valence-corrected chi connectivity index (χ4v) is 1.74. The minimum absolute atomic E-state index is 0.369. The lowest BCUT2D eigenvalue weighted by Gasteiger charge is -2.16. The summed E-state index contributed by atoms with van der Waals surface area (Å²) in [4.78, 5) is 0. The summed E-state index contributed by atoms with van der Waals surface area (Å²) in [5.74, 6) is 0.369. The predicted octanol–water partition coefficient (Wildman–Crippen LogP) is 2.68. The molecule has 0 aliphatic rings. The van der Waals surface area contributed by atoms with Crippen LogP contribution < -0.4 is 5.32 Å². The molecule has 0 fully saturated rings. The Balaban J connectivity index is 2.69. The van der Waals surface area contributed by atoms with Crippen LogP contribution in [0.15, 0.2) is 24.3 Å². The van der Waals surface area contributed by atoms with Gasteiger partial charge in [0.25, 0.3) is 0 Å². The molecule has 0 spiro atoms. The molecule has 1 atom stereocenters. The highest BCUT2D eigenvalue weighted by atomic mass is 35.5. The number of benzene rings is 1. The molecule has 0 heterocycles. The van der Waals surface area contributed by atoms with Crippen molar-refractivity contribution in [2.24, 2.45) is 0 Å². The molecule has 3 heteroatoms. The second-order valence-corrected chi connectivity index (χ2v) is 3.91. The average Bonchev–Trinajstić information content (AvgIpc) is 2.24. The molecule has 2 nitrogen and oxygen atoms in total. The fraction of sp³-hybridized carbons (Fsp3) is 0.500. The second kappa shape index (κ2) is 6.83. The van der Waals surface area contributed by atoms with Gasteiger partial charge in [0.15, 0.2) is 0 Å². The van der Waals surface area contributed by atoms with E-state index in [9.17, 15) is 0 Å². The van der Waals surface area contributed by atoms with Crippen molar-refractivity contribution in [3.05, 3.63) is 34.9 Å². The van der Waals surface area contributed by atoms with E-state index in [-0.39, 0.29) is 0 Å². The number of ether oxygens (including phenoxy) is 1. The Kier molecular flexibility index (Phi) is 5.69. The van der Waals surface area contributed by atoms with Gasteiger partial charge in [-0.1, -0.05) is 23.7 Å². The van der Waals surface area contributed by atoms with Crippen LogP contribution in [0.1, 0.15) is 18.4 Å². The van der Waals surface area contributed by atoms with E-state index in [1.807, 2.05) is 32.2 Å². The first-order valence-corrected chi connectivity index (χ1v) is 5.63. The minimum Gasteiger partial charge on any atom is -0.381 e. The number of halogens is 1. The van der Waals surface area contributed by atoms with Gasteiger partial charge in [-0.2, -0.15) is 0 Å². The van der Waals surface area contributed by atoms with Crippen LogP contribution in [0.2, 0.25) is 5.02 Å². The first-order valence-electron chi connectivity index (χ1n) is 5.25. The molecule has 0 bridgehead atoms. The molecule has 0 aliphatic heterocycles. The Morgan fingerprint density at radius 1 is 1.47 bits per heavy atom. The summed E-state index contributed by atoms with van der Waals surface area (Å²) in [7, 11) is 1.95. The zero-order valence-corrected chi connectivity index (χ0v) is 10.1. The van der Waals surface area contributed by atoms with Crippen LogP contribution in [0.5, 0.6) is 0 Å². The Hall–Kier alpha value is -0.570. The van der Waals surface area contributed by atoms with Crippen LogP contribution in [-0.2, 0) is 4.74 Å². The van der Waals surface area contributed by atoms with Gasteiger partial charge in [-0.15, -0.1) is 0 Å². The van der Waals surface area contributed by atoms with Crippen molar-refractivity contribution in [3.63, 3.8) is 0 Å². The van der Waals surface area contributed by atoms with E-state index in [1.165, 1.54) is 5.56 Å². The van der Waals surface area contributed by atoms with E-state index in [1.54, 1.807) is 0 Å². The molecular formula is C12H18ClNO. The van der Waals surface area contributed by atoms with E-state index >= 15 is 0 Å². The number of hydrogen-bond acceptors (Lipinski definition) is 2. The third kappa shape index (κ3) is 4.20. The van der Waals surface area contributed by atoms with Gasteiger partial charge in [0.1, 0.15) is 0 Å². The highest BCUT2D eigenvalue weighted by Crippen LogP contribution is 2.19. The van der Waals surface area contributed by atoms with Crippen molar-refractivity contribution < 1.29 is 4.74 Å². The molecule has 0 radical (unpaired) electrons. The number of hydrogen-bond donors (Lipinski definition) is 1. The molecule has 0 saturated carbocycles. The number of rotatable bonds is 6. The van der Waals surface area contributed by atoms with Gasteiger partial charge in [0.2, 0.25) is 0 Å². The van der Waals surface area contributed by atoms with Crippen LogP contribution in [0.3, 0.4) is 0 Å². The lowest BCUT2D eigenvalue weighted by atomic mass is 10.0. The van der Waals surface area contributed by atoms with E-state index < -0.39 is 0 Å². The molecule has 1 rings (SSSR count). The van der Waals surface area contributed by atoms with Gasteiger partial charge < -0.3 is 10.1 Å². The van der Waals surface area contributed by atoms with Gasteiger partial charge in [-0.3, -0.25) is 0 Å². The van der Waals surface area contributed by atoms with Gasteiger partial charge >= 0.3 is 0 Å². The molecule has 15 heavy (non-hydrogen) atoms. The Bertz CT molecular complexity index is 291. The third-order valence-corrected chi connectivity index (χ3v) is 2.53. The maximum absolute atomic E-state index is 5.96. The van der Waals surface area contributed by atoms with E-state index in [0.29, 0.717) is 5.92 Å². The molecule has 1 aromatic rings. The fourth-order valence-electron chi connectivity index (χ4n) is 1.54. The molecule has 1 aromatic carbocycles. The summed E-state index contributed by atoms with van der Waals surface area (Å²) >= 11 is 5.96. The highest BCUT2D eigenvalue weighted by molar-refractivity contribution is 6.30. The molecule has 0 aliphatic carbocycles. The molecule has 0 saturated heterocycles. The van der Waals surface area contributed by atoms with Crippen LogP contribution in [-0.4, -0.2) is 26.8 Å². The SMILES string of the molecule is CCOCC(CNC)c1cccc(Cl)c1. The van der Waals surface area contributed by atoms with Crippen LogP contribution in [0.25, 0.3) is 0 Å². The van der Waals surface area contributed by atoms with Crippen molar-refractivity contribution >= 4 is 11.6 Å². The summed E-state index contributed by atoms with van der Waals surface area (Å²) in [5, 5.41) is 3.95. The van der Waals surface area contributed by atoms with E-state index in [2.05, 4.69) is 11.4 Å². The van der Waals surface area contributed by atoms with Crippen molar-refractivity contribution in [2.45, 2.75) is 12.8 Å². The van der Waals surface area contributed by atoms with Gasteiger partial charge in [-0.05, 0) is 31.7 Å². The predicted molar refractivity (Wildman–Crippen MR) is 64.6 cm³/mol. The summed E-state index contributed by atoms with van der Waals surface area (Å²) in [5.41, 5.74) is 1.23. The smallest absolute Gasteiger partial charge is 0.0546 e. The zero-order chi connectivity index (χ0) is 11.1. The molecule has 1 N–H and O–H groups in total. The van der Waals surface area contributed by atoms with Gasteiger partial charge in [0, 0.05) is 24.1 Å². The van der Waals surface area contributed by atoms with Crippen LogP contribution >= 0.6 is 11.6 Å². The molecular weight excluding hydrogens is 210 g/mol. The van der Waals surface area contributed by atoms with Crippen molar-refractivity contribution in [1.29, 1.82) is 0 Å². The second-order valence-electron chi connectivity index (χ2n) is 3.47. The Morgan fingerprint density at radius 3 is 2.87 bits per heavy atom. The summed E-state index contributed by atoms with van der Waals surface area (Å²) in [6.45, 7) is 4.40. The topological polar surface area (TPSA) is 21.3 Å². The summed E-state index contributed by atoms with van der Waals surface area (Å²) in [6.07, 6.45) is 0. The molecule has 0 aromatic heterocycles. The molecule has 1 unspecified atom stereocenters. The Labute approximate surface area is 96.6 Å². The lowest BCUT2D eigenvalue weighted by molar-refractivity contribution is 0.132. The largest absolute Gasteiger partial charge is 0.381 e. The number of likely N-dealkylation sites (N-methyl/N-ethyl adjacent to an activating group) is 1. The molecule has 84 valence electrons. The van der Waals surface area contributed by atoms with Crippen molar-refractivity contribution in [1.82, 2.24) is 5.32 Å². The minimum atomic E-state index is 0.369. The molecule has 0 amide bonds. The average molecular weight is 228 g/mol. The first-order chi connectivity index (χ1) is 7.27. The highest BCUT2D eigenvalue weighted by Gasteiger charge is 2.10. The summed E-state index contributed by atoms with van der Waals surface area (Å²) in [6, 6.07) is 7.96.